The number of hydrogen-bond acceptors (Lipinski definition) is 2. The Morgan fingerprint density at radius 3 is 2.54 bits per heavy atom. The molecule has 0 bridgehead atoms. The number of rotatable bonds is 7. The molecule has 3 aromatic carbocycles. The highest BCUT2D eigenvalue weighted by molar-refractivity contribution is 7.80. The van der Waals surface area contributed by atoms with Crippen LogP contribution in [0.5, 0.6) is 5.75 Å². The maximum absolute atomic E-state index is 5.44. The Bertz CT molecular complexity index is 856. The number of nitrogens with one attached hydrogen (secondary N) is 2. The van der Waals surface area contributed by atoms with E-state index in [2.05, 4.69) is 53.1 Å². The van der Waals surface area contributed by atoms with Gasteiger partial charge < -0.3 is 15.4 Å². The second-order valence-corrected chi connectivity index (χ2v) is 6.49. The summed E-state index contributed by atoms with van der Waals surface area (Å²) < 4.78 is 5.44. The van der Waals surface area contributed by atoms with Gasteiger partial charge in [0.15, 0.2) is 5.11 Å². The molecule has 0 radical (unpaired) electrons. The van der Waals surface area contributed by atoms with E-state index in [0.717, 1.165) is 30.8 Å². The molecule has 3 aromatic rings. The SMILES string of the molecule is CCOc1ccc(NC(=S)NCCCc2cccc3ccccc23)cc1. The summed E-state index contributed by atoms with van der Waals surface area (Å²) in [6.45, 7) is 3.49. The molecule has 134 valence electrons. The summed E-state index contributed by atoms with van der Waals surface area (Å²) in [5, 5.41) is 9.76. The van der Waals surface area contributed by atoms with Gasteiger partial charge >= 0.3 is 0 Å². The van der Waals surface area contributed by atoms with Crippen molar-refractivity contribution < 1.29 is 4.74 Å². The monoisotopic (exact) mass is 364 g/mol. The summed E-state index contributed by atoms with van der Waals surface area (Å²) in [6.07, 6.45) is 2.05. The minimum atomic E-state index is 0.645. The van der Waals surface area contributed by atoms with Gasteiger partial charge in [-0.15, -0.1) is 0 Å². The number of ether oxygens (including phenoxy) is 1. The molecule has 4 heteroatoms. The van der Waals surface area contributed by atoms with Gasteiger partial charge in [-0.25, -0.2) is 0 Å². The lowest BCUT2D eigenvalue weighted by molar-refractivity contribution is 0.340. The lowest BCUT2D eigenvalue weighted by Crippen LogP contribution is -2.29. The Hall–Kier alpha value is -2.59. The van der Waals surface area contributed by atoms with E-state index in [1.54, 1.807) is 0 Å². The van der Waals surface area contributed by atoms with Crippen LogP contribution >= 0.6 is 12.2 Å². The fourth-order valence-corrected chi connectivity index (χ4v) is 3.19. The molecule has 0 spiro atoms. The van der Waals surface area contributed by atoms with Crippen molar-refractivity contribution in [1.29, 1.82) is 0 Å². The first kappa shape index (κ1) is 18.2. The molecular weight excluding hydrogens is 340 g/mol. The van der Waals surface area contributed by atoms with E-state index in [0.29, 0.717) is 11.7 Å². The maximum Gasteiger partial charge on any atom is 0.170 e. The molecule has 0 atom stereocenters. The van der Waals surface area contributed by atoms with Gasteiger partial charge in [-0.2, -0.15) is 0 Å². The van der Waals surface area contributed by atoms with Gasteiger partial charge in [0, 0.05) is 12.2 Å². The molecule has 3 nitrogen and oxygen atoms in total. The second-order valence-electron chi connectivity index (χ2n) is 6.08. The van der Waals surface area contributed by atoms with Crippen molar-refractivity contribution >= 4 is 33.8 Å². The zero-order chi connectivity index (χ0) is 18.2. The van der Waals surface area contributed by atoms with Crippen LogP contribution in [0.1, 0.15) is 18.9 Å². The van der Waals surface area contributed by atoms with Crippen LogP contribution in [0, 0.1) is 0 Å². The summed E-state index contributed by atoms with van der Waals surface area (Å²) in [5.41, 5.74) is 2.34. The zero-order valence-corrected chi connectivity index (χ0v) is 15.8. The second kappa shape index (κ2) is 9.20. The molecule has 0 aliphatic rings. The van der Waals surface area contributed by atoms with Crippen LogP contribution in [0.4, 0.5) is 5.69 Å². The highest BCUT2D eigenvalue weighted by atomic mass is 32.1. The summed E-state index contributed by atoms with van der Waals surface area (Å²) in [4.78, 5) is 0. The van der Waals surface area contributed by atoms with Gasteiger partial charge in [0.05, 0.1) is 6.61 Å². The fourth-order valence-electron chi connectivity index (χ4n) is 2.97. The van der Waals surface area contributed by atoms with E-state index in [4.69, 9.17) is 17.0 Å². The smallest absolute Gasteiger partial charge is 0.170 e. The van der Waals surface area contributed by atoms with Crippen LogP contribution in [-0.4, -0.2) is 18.3 Å². The lowest BCUT2D eigenvalue weighted by Gasteiger charge is -2.12. The average Bonchev–Trinajstić information content (AvgIpc) is 2.67. The molecule has 3 rings (SSSR count). The Kier molecular flexibility index (Phi) is 6.45. The quantitative estimate of drug-likeness (QED) is 0.448. The van der Waals surface area contributed by atoms with Crippen molar-refractivity contribution in [1.82, 2.24) is 5.32 Å². The van der Waals surface area contributed by atoms with Crippen LogP contribution < -0.4 is 15.4 Å². The molecular formula is C22H24N2OS. The first-order valence-electron chi connectivity index (χ1n) is 9.00. The van der Waals surface area contributed by atoms with E-state index < -0.39 is 0 Å². The standard InChI is InChI=1S/C22H24N2OS/c1-2-25-20-14-12-19(13-15-20)24-22(26)23-16-6-10-18-9-5-8-17-7-3-4-11-21(17)18/h3-5,7-9,11-15H,2,6,10,16H2,1H3,(H2,23,24,26). The van der Waals surface area contributed by atoms with E-state index in [1.807, 2.05) is 31.2 Å². The molecule has 26 heavy (non-hydrogen) atoms. The first-order chi connectivity index (χ1) is 12.8. The third-order valence-corrected chi connectivity index (χ3v) is 4.46. The summed E-state index contributed by atoms with van der Waals surface area (Å²) in [7, 11) is 0. The Morgan fingerprint density at radius 1 is 0.962 bits per heavy atom. The predicted molar refractivity (Wildman–Crippen MR) is 114 cm³/mol. The molecule has 0 amide bonds. The normalized spacial score (nSPS) is 10.5. The summed E-state index contributed by atoms with van der Waals surface area (Å²) in [6, 6.07) is 22.8. The topological polar surface area (TPSA) is 33.3 Å². The Labute approximate surface area is 160 Å². The molecule has 0 aliphatic heterocycles. The minimum Gasteiger partial charge on any atom is -0.494 e. The Morgan fingerprint density at radius 2 is 1.73 bits per heavy atom. The average molecular weight is 365 g/mol. The van der Waals surface area contributed by atoms with Crippen LogP contribution in [0.3, 0.4) is 0 Å². The van der Waals surface area contributed by atoms with E-state index in [1.165, 1.54) is 16.3 Å². The van der Waals surface area contributed by atoms with E-state index in [-0.39, 0.29) is 0 Å². The molecule has 0 heterocycles. The minimum absolute atomic E-state index is 0.645. The highest BCUT2D eigenvalue weighted by Crippen LogP contribution is 2.19. The number of anilines is 1. The summed E-state index contributed by atoms with van der Waals surface area (Å²) >= 11 is 5.37. The van der Waals surface area contributed by atoms with Gasteiger partial charge in [0.2, 0.25) is 0 Å². The van der Waals surface area contributed by atoms with Crippen molar-refractivity contribution in [2.24, 2.45) is 0 Å². The number of benzene rings is 3. The molecule has 0 fully saturated rings. The van der Waals surface area contributed by atoms with Gasteiger partial charge in [0.25, 0.3) is 0 Å². The molecule has 0 unspecified atom stereocenters. The van der Waals surface area contributed by atoms with Gasteiger partial charge in [-0.05, 0) is 72.6 Å². The van der Waals surface area contributed by atoms with Gasteiger partial charge in [0.1, 0.15) is 5.75 Å². The molecule has 0 saturated heterocycles. The highest BCUT2D eigenvalue weighted by Gasteiger charge is 2.02. The lowest BCUT2D eigenvalue weighted by atomic mass is 10.0. The zero-order valence-electron chi connectivity index (χ0n) is 15.0. The number of fused-ring (bicyclic) bond motifs is 1. The van der Waals surface area contributed by atoms with Crippen LogP contribution in [-0.2, 0) is 6.42 Å². The van der Waals surface area contributed by atoms with Gasteiger partial charge in [-0.1, -0.05) is 42.5 Å². The van der Waals surface area contributed by atoms with Crippen LogP contribution in [0.15, 0.2) is 66.7 Å². The largest absolute Gasteiger partial charge is 0.494 e. The molecule has 0 saturated carbocycles. The van der Waals surface area contributed by atoms with Crippen molar-refractivity contribution in [3.8, 4) is 5.75 Å². The first-order valence-corrected chi connectivity index (χ1v) is 9.41. The van der Waals surface area contributed by atoms with Crippen LogP contribution in [0.2, 0.25) is 0 Å². The van der Waals surface area contributed by atoms with Crippen molar-refractivity contribution in [2.75, 3.05) is 18.5 Å². The van der Waals surface area contributed by atoms with E-state index >= 15 is 0 Å². The number of hydrogen-bond donors (Lipinski definition) is 2. The maximum atomic E-state index is 5.44. The molecule has 0 aromatic heterocycles. The molecule has 2 N–H and O–H groups in total. The summed E-state index contributed by atoms with van der Waals surface area (Å²) in [5.74, 6) is 0.868. The number of aryl methyl sites for hydroxylation is 1. The van der Waals surface area contributed by atoms with Crippen molar-refractivity contribution in [3.05, 3.63) is 72.3 Å². The molecule has 0 aliphatic carbocycles. The van der Waals surface area contributed by atoms with E-state index in [9.17, 15) is 0 Å². The van der Waals surface area contributed by atoms with Crippen LogP contribution in [0.25, 0.3) is 10.8 Å². The number of thiocarbonyl (C=S) groups is 1. The third kappa shape index (κ3) is 4.96. The third-order valence-electron chi connectivity index (χ3n) is 4.21. The van der Waals surface area contributed by atoms with Crippen molar-refractivity contribution in [2.45, 2.75) is 19.8 Å². The van der Waals surface area contributed by atoms with Crippen molar-refractivity contribution in [3.63, 3.8) is 0 Å². The predicted octanol–water partition coefficient (Wildman–Crippen LogP) is 5.16. The Balaban J connectivity index is 1.45. The van der Waals surface area contributed by atoms with Gasteiger partial charge in [-0.3, -0.25) is 0 Å². The fraction of sp³-hybridized carbons (Fsp3) is 0.227.